The van der Waals surface area contributed by atoms with Crippen LogP contribution in [0.5, 0.6) is 0 Å². The Morgan fingerprint density at radius 1 is 0.933 bits per heavy atom. The molecule has 1 saturated heterocycles. The molecule has 1 aliphatic rings. The molecular formula is C23H29FN6. The summed E-state index contributed by atoms with van der Waals surface area (Å²) in [6.45, 7) is 11.8. The van der Waals surface area contributed by atoms with Crippen molar-refractivity contribution in [3.05, 3.63) is 70.8 Å². The van der Waals surface area contributed by atoms with Crippen LogP contribution in [-0.2, 0) is 0 Å². The van der Waals surface area contributed by atoms with Crippen molar-refractivity contribution in [1.29, 1.82) is 0 Å². The maximum atomic E-state index is 14.8. The number of rotatable bonds is 5. The number of nitrogens with zero attached hydrogens (tertiary/aromatic N) is 6. The van der Waals surface area contributed by atoms with Gasteiger partial charge in [-0.3, -0.25) is 4.90 Å². The van der Waals surface area contributed by atoms with E-state index in [-0.39, 0.29) is 17.9 Å². The molecule has 6 nitrogen and oxygen atoms in total. The molecule has 0 radical (unpaired) electrons. The van der Waals surface area contributed by atoms with Gasteiger partial charge >= 0.3 is 0 Å². The maximum absolute atomic E-state index is 14.8. The van der Waals surface area contributed by atoms with Gasteiger partial charge in [-0.15, -0.1) is 5.10 Å². The van der Waals surface area contributed by atoms with E-state index in [0.717, 1.165) is 26.2 Å². The Hall–Kier alpha value is -2.80. The zero-order valence-electron chi connectivity index (χ0n) is 18.1. The highest BCUT2D eigenvalue weighted by Crippen LogP contribution is 2.32. The fraction of sp³-hybridized carbons (Fsp3) is 0.435. The van der Waals surface area contributed by atoms with E-state index in [0.29, 0.717) is 11.4 Å². The van der Waals surface area contributed by atoms with E-state index in [1.54, 1.807) is 10.7 Å². The minimum atomic E-state index is -0.315. The van der Waals surface area contributed by atoms with Gasteiger partial charge in [0.2, 0.25) is 0 Å². The molecule has 1 aromatic heterocycles. The lowest BCUT2D eigenvalue weighted by molar-refractivity contribution is 0.195. The molecule has 1 aliphatic heterocycles. The zero-order chi connectivity index (χ0) is 21.3. The third kappa shape index (κ3) is 3.81. The minimum absolute atomic E-state index is 0.0977. The van der Waals surface area contributed by atoms with E-state index in [2.05, 4.69) is 57.4 Å². The van der Waals surface area contributed by atoms with Gasteiger partial charge in [-0.05, 0) is 61.4 Å². The highest BCUT2D eigenvalue weighted by Gasteiger charge is 2.33. The number of piperazine rings is 1. The number of halogens is 1. The molecule has 0 spiro atoms. The van der Waals surface area contributed by atoms with Crippen LogP contribution in [0.25, 0.3) is 0 Å². The highest BCUT2D eigenvalue weighted by molar-refractivity contribution is 5.56. The lowest BCUT2D eigenvalue weighted by Crippen LogP contribution is -2.48. The molecule has 2 aromatic carbocycles. The Labute approximate surface area is 177 Å². The first kappa shape index (κ1) is 20.5. The van der Waals surface area contributed by atoms with E-state index in [9.17, 15) is 4.39 Å². The van der Waals surface area contributed by atoms with Crippen LogP contribution in [0, 0.1) is 19.7 Å². The highest BCUT2D eigenvalue weighted by atomic mass is 19.1. The van der Waals surface area contributed by atoms with Gasteiger partial charge in [-0.25, -0.2) is 9.07 Å². The van der Waals surface area contributed by atoms with E-state index < -0.39 is 0 Å². The normalized spacial score (nSPS) is 16.3. The first-order valence-corrected chi connectivity index (χ1v) is 10.5. The van der Waals surface area contributed by atoms with Crippen LogP contribution in [0.3, 0.4) is 0 Å². The molecule has 4 rings (SSSR count). The van der Waals surface area contributed by atoms with Gasteiger partial charge in [0.1, 0.15) is 11.9 Å². The van der Waals surface area contributed by atoms with Crippen molar-refractivity contribution in [2.45, 2.75) is 39.8 Å². The van der Waals surface area contributed by atoms with Gasteiger partial charge in [0.25, 0.3) is 0 Å². The minimum Gasteiger partial charge on any atom is -0.369 e. The summed E-state index contributed by atoms with van der Waals surface area (Å²) >= 11 is 0. The summed E-state index contributed by atoms with van der Waals surface area (Å²) in [6.07, 6.45) is 0. The lowest BCUT2D eigenvalue weighted by Gasteiger charge is -2.40. The maximum Gasteiger partial charge on any atom is 0.173 e. The van der Waals surface area contributed by atoms with Crippen LogP contribution in [0.2, 0.25) is 0 Å². The molecule has 0 aliphatic carbocycles. The second-order valence-electron chi connectivity index (χ2n) is 8.24. The summed E-state index contributed by atoms with van der Waals surface area (Å²) in [7, 11) is 0. The van der Waals surface area contributed by atoms with Gasteiger partial charge < -0.3 is 4.90 Å². The quantitative estimate of drug-likeness (QED) is 0.640. The number of hydrogen-bond acceptors (Lipinski definition) is 5. The zero-order valence-corrected chi connectivity index (χ0v) is 18.1. The van der Waals surface area contributed by atoms with Crippen molar-refractivity contribution in [1.82, 2.24) is 25.1 Å². The monoisotopic (exact) mass is 408 g/mol. The van der Waals surface area contributed by atoms with Crippen LogP contribution in [0.15, 0.2) is 42.5 Å². The van der Waals surface area contributed by atoms with Gasteiger partial charge in [-0.2, -0.15) is 0 Å². The summed E-state index contributed by atoms with van der Waals surface area (Å²) in [5.41, 5.74) is 4.52. The summed E-state index contributed by atoms with van der Waals surface area (Å²) in [5, 5.41) is 12.4. The van der Waals surface area contributed by atoms with Crippen molar-refractivity contribution in [2.75, 3.05) is 31.1 Å². The number of aryl methyl sites for hydroxylation is 1. The lowest BCUT2D eigenvalue weighted by atomic mass is 10.0. The molecule has 0 N–H and O–H groups in total. The van der Waals surface area contributed by atoms with E-state index in [1.165, 1.54) is 22.9 Å². The molecule has 0 bridgehead atoms. The molecule has 1 atom stereocenters. The first-order chi connectivity index (χ1) is 14.5. The van der Waals surface area contributed by atoms with Crippen molar-refractivity contribution in [3.8, 4) is 0 Å². The van der Waals surface area contributed by atoms with Crippen LogP contribution in [0.1, 0.15) is 48.4 Å². The van der Waals surface area contributed by atoms with Crippen LogP contribution in [-0.4, -0.2) is 51.3 Å². The Bertz CT molecular complexity index is 1010. The number of anilines is 1. The fourth-order valence-corrected chi connectivity index (χ4v) is 4.24. The Kier molecular flexibility index (Phi) is 5.81. The third-order valence-electron chi connectivity index (χ3n) is 6.05. The average molecular weight is 409 g/mol. The number of tetrazole rings is 1. The van der Waals surface area contributed by atoms with Gasteiger partial charge in [0, 0.05) is 37.4 Å². The molecule has 2 heterocycles. The predicted molar refractivity (Wildman–Crippen MR) is 116 cm³/mol. The Balaban J connectivity index is 1.64. The number of benzene rings is 2. The van der Waals surface area contributed by atoms with Gasteiger partial charge in [0.05, 0.1) is 6.04 Å². The van der Waals surface area contributed by atoms with Crippen molar-refractivity contribution in [3.63, 3.8) is 0 Å². The van der Waals surface area contributed by atoms with E-state index in [1.807, 2.05) is 26.0 Å². The third-order valence-corrected chi connectivity index (χ3v) is 6.05. The molecule has 0 amide bonds. The number of hydrogen-bond donors (Lipinski definition) is 0. The fourth-order valence-electron chi connectivity index (χ4n) is 4.24. The molecular weight excluding hydrogens is 379 g/mol. The standard InChI is InChI=1S/C23H29FN6/c1-16(2)30-23(25-26-27-30)22(19-9-5-6-10-20(19)24)29-14-12-28(13-15-29)21-11-7-8-17(3)18(21)4/h5-11,16,22H,12-15H2,1-4H3/t22-/m1/s1. The molecule has 30 heavy (non-hydrogen) atoms. The molecule has 1 fully saturated rings. The summed E-state index contributed by atoms with van der Waals surface area (Å²) in [5.74, 6) is 0.466. The summed E-state index contributed by atoms with van der Waals surface area (Å²) < 4.78 is 16.6. The SMILES string of the molecule is Cc1cccc(N2CCN([C@H](c3ccccc3F)c3nnnn3C(C)C)CC2)c1C. The Morgan fingerprint density at radius 3 is 2.37 bits per heavy atom. The van der Waals surface area contributed by atoms with Gasteiger partial charge in [0.15, 0.2) is 5.82 Å². The topological polar surface area (TPSA) is 50.1 Å². The van der Waals surface area contributed by atoms with Gasteiger partial charge in [-0.1, -0.05) is 30.3 Å². The second kappa shape index (κ2) is 8.52. The first-order valence-electron chi connectivity index (χ1n) is 10.5. The van der Waals surface area contributed by atoms with Crippen LogP contribution >= 0.6 is 0 Å². The molecule has 7 heteroatoms. The van der Waals surface area contributed by atoms with Crippen molar-refractivity contribution < 1.29 is 4.39 Å². The Morgan fingerprint density at radius 2 is 1.67 bits per heavy atom. The smallest absolute Gasteiger partial charge is 0.173 e. The predicted octanol–water partition coefficient (Wildman–Crippen LogP) is 3.92. The summed E-state index contributed by atoms with van der Waals surface area (Å²) in [4.78, 5) is 4.72. The van der Waals surface area contributed by atoms with Crippen LogP contribution < -0.4 is 4.90 Å². The van der Waals surface area contributed by atoms with Crippen LogP contribution in [0.4, 0.5) is 10.1 Å². The molecule has 0 unspecified atom stereocenters. The number of aromatic nitrogens is 4. The molecule has 158 valence electrons. The second-order valence-corrected chi connectivity index (χ2v) is 8.24. The van der Waals surface area contributed by atoms with E-state index >= 15 is 0 Å². The largest absolute Gasteiger partial charge is 0.369 e. The molecule has 0 saturated carbocycles. The summed E-state index contributed by atoms with van der Waals surface area (Å²) in [6, 6.07) is 13.2. The average Bonchev–Trinajstić information content (AvgIpc) is 3.22. The molecule has 3 aromatic rings. The van der Waals surface area contributed by atoms with E-state index in [4.69, 9.17) is 0 Å². The van der Waals surface area contributed by atoms with Crippen molar-refractivity contribution in [2.24, 2.45) is 0 Å². The van der Waals surface area contributed by atoms with Crippen molar-refractivity contribution >= 4 is 5.69 Å².